The molecule has 1 saturated heterocycles. The van der Waals surface area contributed by atoms with Gasteiger partial charge in [0, 0.05) is 23.8 Å². The van der Waals surface area contributed by atoms with Crippen molar-refractivity contribution in [3.8, 4) is 0 Å². The Kier molecular flexibility index (Phi) is 2.89. The predicted molar refractivity (Wildman–Crippen MR) is 66.8 cm³/mol. The minimum absolute atomic E-state index is 0.0255. The topological polar surface area (TPSA) is 64.9 Å². The summed E-state index contributed by atoms with van der Waals surface area (Å²) in [6, 6.07) is 0. The lowest BCUT2D eigenvalue weighted by atomic mass is 10.1. The molecule has 1 unspecified atom stereocenters. The first-order valence-corrected chi connectivity index (χ1v) is 7.78. The fourth-order valence-electron chi connectivity index (χ4n) is 1.87. The zero-order chi connectivity index (χ0) is 11.0. The van der Waals surface area contributed by atoms with Gasteiger partial charge in [0.1, 0.15) is 0 Å². The smallest absolute Gasteiger partial charge is 0.234 e. The molecule has 1 aromatic heterocycles. The molecule has 1 atom stereocenters. The Hall–Kier alpha value is -0.200. The van der Waals surface area contributed by atoms with E-state index in [0.29, 0.717) is 11.8 Å². The van der Waals surface area contributed by atoms with Crippen LogP contribution in [0, 0.1) is 0 Å². The molecule has 1 aliphatic carbocycles. The first-order chi connectivity index (χ1) is 7.84. The highest BCUT2D eigenvalue weighted by molar-refractivity contribution is 8.06. The highest BCUT2D eigenvalue weighted by Gasteiger charge is 2.48. The van der Waals surface area contributed by atoms with Crippen molar-refractivity contribution in [3.05, 3.63) is 11.7 Å². The summed E-state index contributed by atoms with van der Waals surface area (Å²) in [7, 11) is 0. The quantitative estimate of drug-likeness (QED) is 0.887. The van der Waals surface area contributed by atoms with Crippen LogP contribution in [-0.4, -0.2) is 33.9 Å². The van der Waals surface area contributed by atoms with Gasteiger partial charge in [-0.1, -0.05) is 5.16 Å². The summed E-state index contributed by atoms with van der Waals surface area (Å²) in [5, 5.41) is 4.53. The summed E-state index contributed by atoms with van der Waals surface area (Å²) in [5.41, 5.74) is 5.78. The molecule has 1 aromatic rings. The van der Waals surface area contributed by atoms with Crippen LogP contribution >= 0.6 is 23.5 Å². The summed E-state index contributed by atoms with van der Waals surface area (Å²) < 4.78 is 5.37. The number of rotatable bonds is 3. The Balaban J connectivity index is 1.77. The molecule has 16 heavy (non-hydrogen) atoms. The molecule has 0 spiro atoms. The lowest BCUT2D eigenvalue weighted by molar-refractivity contribution is 0.343. The van der Waals surface area contributed by atoms with Gasteiger partial charge in [0.25, 0.3) is 0 Å². The Bertz CT molecular complexity index is 372. The van der Waals surface area contributed by atoms with E-state index in [-0.39, 0.29) is 5.41 Å². The fraction of sp³-hybridized carbons (Fsp3) is 0.800. The fourth-order valence-corrected chi connectivity index (χ4v) is 4.46. The molecular formula is C10H15N3OS2. The number of aromatic nitrogens is 2. The Morgan fingerprint density at radius 2 is 2.31 bits per heavy atom. The van der Waals surface area contributed by atoms with Crippen molar-refractivity contribution in [2.75, 3.05) is 23.8 Å². The van der Waals surface area contributed by atoms with Crippen LogP contribution in [0.2, 0.25) is 0 Å². The molecule has 2 fully saturated rings. The summed E-state index contributed by atoms with van der Waals surface area (Å²) in [4.78, 5) is 4.55. The van der Waals surface area contributed by atoms with Crippen molar-refractivity contribution >= 4 is 23.5 Å². The van der Waals surface area contributed by atoms with Crippen LogP contribution in [-0.2, 0) is 5.41 Å². The Morgan fingerprint density at radius 3 is 2.94 bits per heavy atom. The number of nitrogens with two attached hydrogens (primary N) is 1. The highest BCUT2D eigenvalue weighted by atomic mass is 32.2. The van der Waals surface area contributed by atoms with Gasteiger partial charge in [-0.05, 0) is 12.8 Å². The molecule has 2 N–H and O–H groups in total. The van der Waals surface area contributed by atoms with Crippen molar-refractivity contribution in [1.82, 2.24) is 10.1 Å². The van der Waals surface area contributed by atoms with Gasteiger partial charge < -0.3 is 10.3 Å². The molecule has 2 aliphatic rings. The minimum Gasteiger partial charge on any atom is -0.339 e. The maximum atomic E-state index is 5.75. The van der Waals surface area contributed by atoms with Crippen molar-refractivity contribution in [2.45, 2.75) is 23.5 Å². The molecule has 2 heterocycles. The van der Waals surface area contributed by atoms with Crippen molar-refractivity contribution in [1.29, 1.82) is 0 Å². The average Bonchev–Trinajstić information content (AvgIpc) is 3.00. The van der Waals surface area contributed by atoms with E-state index in [1.54, 1.807) is 0 Å². The SMILES string of the molecule is NCC1(c2nc(C3CSCCS3)no2)CC1. The van der Waals surface area contributed by atoms with Gasteiger partial charge in [0.15, 0.2) is 5.82 Å². The molecule has 3 rings (SSSR count). The molecule has 1 aliphatic heterocycles. The van der Waals surface area contributed by atoms with E-state index >= 15 is 0 Å². The van der Waals surface area contributed by atoms with E-state index in [2.05, 4.69) is 10.1 Å². The van der Waals surface area contributed by atoms with Crippen LogP contribution in [0.15, 0.2) is 4.52 Å². The molecule has 88 valence electrons. The lowest BCUT2D eigenvalue weighted by Gasteiger charge is -2.17. The molecule has 0 aromatic carbocycles. The maximum Gasteiger partial charge on any atom is 0.234 e. The zero-order valence-electron chi connectivity index (χ0n) is 9.02. The van der Waals surface area contributed by atoms with E-state index < -0.39 is 0 Å². The zero-order valence-corrected chi connectivity index (χ0v) is 10.6. The van der Waals surface area contributed by atoms with Crippen LogP contribution in [0.25, 0.3) is 0 Å². The lowest BCUT2D eigenvalue weighted by Crippen LogP contribution is -2.20. The van der Waals surface area contributed by atoms with Crippen molar-refractivity contribution < 1.29 is 4.52 Å². The third-order valence-electron chi connectivity index (χ3n) is 3.24. The van der Waals surface area contributed by atoms with Crippen molar-refractivity contribution in [3.63, 3.8) is 0 Å². The standard InChI is InChI=1S/C10H15N3OS2/c11-6-10(1-2-10)9-12-8(13-14-9)7-5-15-3-4-16-7/h7H,1-6,11H2. The molecular weight excluding hydrogens is 242 g/mol. The van der Waals surface area contributed by atoms with E-state index in [0.717, 1.165) is 30.3 Å². The van der Waals surface area contributed by atoms with E-state index in [9.17, 15) is 0 Å². The highest BCUT2D eigenvalue weighted by Crippen LogP contribution is 2.47. The van der Waals surface area contributed by atoms with E-state index in [1.807, 2.05) is 23.5 Å². The van der Waals surface area contributed by atoms with Crippen LogP contribution in [0.3, 0.4) is 0 Å². The van der Waals surface area contributed by atoms with Crippen LogP contribution in [0.4, 0.5) is 0 Å². The first-order valence-electron chi connectivity index (χ1n) is 5.58. The Morgan fingerprint density at radius 1 is 1.44 bits per heavy atom. The molecule has 4 nitrogen and oxygen atoms in total. The second-order valence-electron chi connectivity index (χ2n) is 4.38. The average molecular weight is 257 g/mol. The summed E-state index contributed by atoms with van der Waals surface area (Å²) in [6.45, 7) is 0.626. The molecule has 0 bridgehead atoms. The van der Waals surface area contributed by atoms with E-state index in [4.69, 9.17) is 10.3 Å². The van der Waals surface area contributed by atoms with Crippen LogP contribution in [0.1, 0.15) is 29.8 Å². The molecule has 0 amide bonds. The van der Waals surface area contributed by atoms with Gasteiger partial charge in [0.2, 0.25) is 5.89 Å². The normalized spacial score (nSPS) is 27.9. The molecule has 6 heteroatoms. The minimum atomic E-state index is 0.0255. The van der Waals surface area contributed by atoms with E-state index in [1.165, 1.54) is 11.5 Å². The third-order valence-corrected chi connectivity index (χ3v) is 5.99. The van der Waals surface area contributed by atoms with Gasteiger partial charge in [-0.2, -0.15) is 16.7 Å². The van der Waals surface area contributed by atoms with Gasteiger partial charge in [-0.25, -0.2) is 0 Å². The van der Waals surface area contributed by atoms with Crippen LogP contribution in [0.5, 0.6) is 0 Å². The van der Waals surface area contributed by atoms with Gasteiger partial charge in [-0.3, -0.25) is 0 Å². The molecule has 1 saturated carbocycles. The Labute approximate surface area is 103 Å². The molecule has 0 radical (unpaired) electrons. The number of hydrogen-bond acceptors (Lipinski definition) is 6. The summed E-state index contributed by atoms with van der Waals surface area (Å²) >= 11 is 3.90. The second-order valence-corrected chi connectivity index (χ2v) is 6.84. The van der Waals surface area contributed by atoms with Gasteiger partial charge in [0.05, 0.1) is 10.7 Å². The largest absolute Gasteiger partial charge is 0.339 e. The summed E-state index contributed by atoms with van der Waals surface area (Å²) in [5.74, 6) is 5.15. The monoisotopic (exact) mass is 257 g/mol. The number of hydrogen-bond donors (Lipinski definition) is 1. The predicted octanol–water partition coefficient (Wildman–Crippen LogP) is 1.58. The second kappa shape index (κ2) is 4.23. The summed E-state index contributed by atoms with van der Waals surface area (Å²) in [6.07, 6.45) is 2.19. The first kappa shape index (κ1) is 10.9. The number of nitrogens with zero attached hydrogens (tertiary/aromatic N) is 2. The van der Waals surface area contributed by atoms with Gasteiger partial charge >= 0.3 is 0 Å². The number of thioether (sulfide) groups is 2. The van der Waals surface area contributed by atoms with Crippen LogP contribution < -0.4 is 5.73 Å². The van der Waals surface area contributed by atoms with Gasteiger partial charge in [-0.15, -0.1) is 11.8 Å². The van der Waals surface area contributed by atoms with Crippen molar-refractivity contribution in [2.24, 2.45) is 5.73 Å². The third kappa shape index (κ3) is 1.87. The maximum absolute atomic E-state index is 5.75.